The molecule has 4 aromatic rings. The van der Waals surface area contributed by atoms with E-state index in [1.807, 2.05) is 24.3 Å². The summed E-state index contributed by atoms with van der Waals surface area (Å²) >= 11 is 0. The van der Waals surface area contributed by atoms with E-state index < -0.39 is 21.7 Å². The molecule has 2 aromatic heterocycles. The Morgan fingerprint density at radius 2 is 1.82 bits per heavy atom. The highest BCUT2D eigenvalue weighted by Crippen LogP contribution is 2.35. The molecule has 1 aliphatic carbocycles. The van der Waals surface area contributed by atoms with Gasteiger partial charge < -0.3 is 4.98 Å². The smallest absolute Gasteiger partial charge is 0.240 e. The van der Waals surface area contributed by atoms with Crippen LogP contribution < -0.4 is 9.62 Å². The third-order valence-electron chi connectivity index (χ3n) is 5.77. The molecule has 2 N–H and O–H groups in total. The van der Waals surface area contributed by atoms with E-state index in [2.05, 4.69) is 14.7 Å². The Morgan fingerprint density at radius 1 is 1.06 bits per heavy atom. The number of sulfonamides is 1. The van der Waals surface area contributed by atoms with Crippen LogP contribution in [0.4, 0.5) is 14.6 Å². The normalized spacial score (nSPS) is 13.8. The number of H-pyrrole nitrogens is 1. The SMILES string of the molecule is O=CN(c1cc(-c2ccc(CNS(=O)(=O)c3ccc(F)c(F)c3)cc2)c2cc[nH]c2n1)C1CC1. The second-order valence-electron chi connectivity index (χ2n) is 8.11. The number of benzene rings is 2. The van der Waals surface area contributed by atoms with Gasteiger partial charge >= 0.3 is 0 Å². The minimum absolute atomic E-state index is 0.0244. The zero-order valence-corrected chi connectivity index (χ0v) is 18.6. The molecule has 10 heteroatoms. The van der Waals surface area contributed by atoms with E-state index in [4.69, 9.17) is 0 Å². The van der Waals surface area contributed by atoms with Gasteiger partial charge in [-0.3, -0.25) is 9.69 Å². The van der Waals surface area contributed by atoms with Gasteiger partial charge in [0.05, 0.1) is 4.90 Å². The number of hydrogen-bond acceptors (Lipinski definition) is 4. The van der Waals surface area contributed by atoms with Crippen LogP contribution in [0, 0.1) is 11.6 Å². The first-order chi connectivity index (χ1) is 16.4. The first-order valence-electron chi connectivity index (χ1n) is 10.6. The number of nitrogens with one attached hydrogen (secondary N) is 2. The van der Waals surface area contributed by atoms with E-state index in [1.165, 1.54) is 0 Å². The number of aromatic amines is 1. The predicted octanol–water partition coefficient (Wildman–Crippen LogP) is 4.11. The summed E-state index contributed by atoms with van der Waals surface area (Å²) in [4.78, 5) is 20.6. The number of anilines is 1. The molecule has 0 aliphatic heterocycles. The van der Waals surface area contributed by atoms with E-state index in [0.717, 1.165) is 47.9 Å². The van der Waals surface area contributed by atoms with Gasteiger partial charge in [0.2, 0.25) is 16.4 Å². The molecule has 1 aliphatic rings. The van der Waals surface area contributed by atoms with Gasteiger partial charge in [-0.1, -0.05) is 24.3 Å². The number of aromatic nitrogens is 2. The Labute approximate surface area is 194 Å². The third kappa shape index (κ3) is 4.29. The lowest BCUT2D eigenvalue weighted by atomic mass is 10.0. The topological polar surface area (TPSA) is 95.2 Å². The molecule has 5 rings (SSSR count). The molecule has 1 saturated carbocycles. The number of halogens is 2. The second-order valence-corrected chi connectivity index (χ2v) is 9.88. The van der Waals surface area contributed by atoms with E-state index in [0.29, 0.717) is 23.1 Å². The molecule has 34 heavy (non-hydrogen) atoms. The van der Waals surface area contributed by atoms with Crippen molar-refractivity contribution in [1.82, 2.24) is 14.7 Å². The number of pyridine rings is 1. The molecular weight excluding hydrogens is 462 g/mol. The van der Waals surface area contributed by atoms with Crippen molar-refractivity contribution in [3.63, 3.8) is 0 Å². The van der Waals surface area contributed by atoms with Crippen molar-refractivity contribution in [3.8, 4) is 11.1 Å². The number of amides is 1. The summed E-state index contributed by atoms with van der Waals surface area (Å²) in [5.41, 5.74) is 3.12. The van der Waals surface area contributed by atoms with Gasteiger partial charge in [-0.2, -0.15) is 0 Å². The van der Waals surface area contributed by atoms with Gasteiger partial charge in [-0.05, 0) is 59.9 Å². The van der Waals surface area contributed by atoms with Gasteiger partial charge in [-0.15, -0.1) is 0 Å². The zero-order valence-electron chi connectivity index (χ0n) is 17.8. The van der Waals surface area contributed by atoms with E-state index >= 15 is 0 Å². The summed E-state index contributed by atoms with van der Waals surface area (Å²) in [6.07, 6.45) is 4.50. The fourth-order valence-corrected chi connectivity index (χ4v) is 4.81. The summed E-state index contributed by atoms with van der Waals surface area (Å²) in [5.74, 6) is -1.76. The highest BCUT2D eigenvalue weighted by molar-refractivity contribution is 7.89. The summed E-state index contributed by atoms with van der Waals surface area (Å²) in [5, 5.41) is 0.900. The molecule has 0 atom stereocenters. The average molecular weight is 483 g/mol. The minimum atomic E-state index is -4.01. The molecule has 174 valence electrons. The molecule has 1 amide bonds. The van der Waals surface area contributed by atoms with Gasteiger partial charge in [0, 0.05) is 24.2 Å². The first kappa shape index (κ1) is 22.2. The molecule has 0 spiro atoms. The zero-order chi connectivity index (χ0) is 23.9. The van der Waals surface area contributed by atoms with Gasteiger partial charge in [0.1, 0.15) is 11.5 Å². The lowest BCUT2D eigenvalue weighted by Crippen LogP contribution is -2.24. The maximum absolute atomic E-state index is 13.4. The summed E-state index contributed by atoms with van der Waals surface area (Å²) in [7, 11) is -4.01. The Morgan fingerprint density at radius 3 is 2.50 bits per heavy atom. The highest BCUT2D eigenvalue weighted by atomic mass is 32.2. The van der Waals surface area contributed by atoms with Gasteiger partial charge in [0.15, 0.2) is 11.6 Å². The maximum atomic E-state index is 13.4. The third-order valence-corrected chi connectivity index (χ3v) is 7.17. The summed E-state index contributed by atoms with van der Waals surface area (Å²) in [6, 6.07) is 13.7. The van der Waals surface area contributed by atoms with Crippen LogP contribution in [0.3, 0.4) is 0 Å². The molecule has 2 heterocycles. The van der Waals surface area contributed by atoms with E-state index in [-0.39, 0.29) is 17.5 Å². The van der Waals surface area contributed by atoms with Crippen LogP contribution in [0.25, 0.3) is 22.2 Å². The molecule has 7 nitrogen and oxygen atoms in total. The summed E-state index contributed by atoms with van der Waals surface area (Å²) in [6.45, 7) is -0.0244. The number of nitrogens with zero attached hydrogens (tertiary/aromatic N) is 2. The van der Waals surface area contributed by atoms with E-state index in [9.17, 15) is 22.0 Å². The van der Waals surface area contributed by atoms with Crippen LogP contribution >= 0.6 is 0 Å². The molecule has 0 bridgehead atoms. The Hall–Kier alpha value is -3.63. The van der Waals surface area contributed by atoms with Crippen LogP contribution in [0.2, 0.25) is 0 Å². The Bertz CT molecular complexity index is 1480. The molecule has 2 aromatic carbocycles. The Kier molecular flexibility index (Phi) is 5.62. The van der Waals surface area contributed by atoms with Crippen LogP contribution in [-0.2, 0) is 21.4 Å². The molecular formula is C24H20F2N4O3S. The maximum Gasteiger partial charge on any atom is 0.240 e. The summed E-state index contributed by atoms with van der Waals surface area (Å²) < 4.78 is 53.8. The van der Waals surface area contributed by atoms with Crippen molar-refractivity contribution in [2.24, 2.45) is 0 Å². The number of rotatable bonds is 8. The van der Waals surface area contributed by atoms with Crippen molar-refractivity contribution in [1.29, 1.82) is 0 Å². The Balaban J connectivity index is 1.38. The minimum Gasteiger partial charge on any atom is -0.346 e. The molecule has 1 fully saturated rings. The fourth-order valence-electron chi connectivity index (χ4n) is 3.78. The number of fused-ring (bicyclic) bond motifs is 1. The number of carbonyl (C=O) groups is 1. The largest absolute Gasteiger partial charge is 0.346 e. The number of hydrogen-bond donors (Lipinski definition) is 2. The average Bonchev–Trinajstić information content (AvgIpc) is 3.55. The van der Waals surface area contributed by atoms with Crippen molar-refractivity contribution >= 4 is 33.3 Å². The molecule has 0 unspecified atom stereocenters. The fraction of sp³-hybridized carbons (Fsp3) is 0.167. The van der Waals surface area contributed by atoms with Gasteiger partial charge in [-0.25, -0.2) is 26.9 Å². The highest BCUT2D eigenvalue weighted by Gasteiger charge is 2.30. The molecule has 0 saturated heterocycles. The van der Waals surface area contributed by atoms with Crippen LogP contribution in [-0.4, -0.2) is 30.8 Å². The van der Waals surface area contributed by atoms with Crippen LogP contribution in [0.1, 0.15) is 18.4 Å². The lowest BCUT2D eigenvalue weighted by molar-refractivity contribution is -0.107. The van der Waals surface area contributed by atoms with Crippen molar-refractivity contribution in [3.05, 3.63) is 78.0 Å². The predicted molar refractivity (Wildman–Crippen MR) is 123 cm³/mol. The van der Waals surface area contributed by atoms with Crippen molar-refractivity contribution in [2.75, 3.05) is 4.90 Å². The standard InChI is InChI=1S/C24H20F2N4O3S/c25-21-8-7-18(11-22(21)26)34(32,33)28-13-15-1-3-16(4-2-15)20-12-23(30(14-31)17-5-6-17)29-24-19(20)9-10-27-24/h1-4,7-12,14,17,28H,5-6,13H2,(H,27,29). The van der Waals surface area contributed by atoms with Crippen molar-refractivity contribution < 1.29 is 22.0 Å². The van der Waals surface area contributed by atoms with Crippen LogP contribution in [0.5, 0.6) is 0 Å². The number of carbonyl (C=O) groups excluding carboxylic acids is 1. The van der Waals surface area contributed by atoms with Crippen LogP contribution in [0.15, 0.2) is 65.7 Å². The quantitative estimate of drug-likeness (QED) is 0.370. The molecule has 0 radical (unpaired) electrons. The lowest BCUT2D eigenvalue weighted by Gasteiger charge is -2.17. The first-order valence-corrected chi connectivity index (χ1v) is 12.1. The van der Waals surface area contributed by atoms with E-state index in [1.54, 1.807) is 23.2 Å². The monoisotopic (exact) mass is 482 g/mol. The van der Waals surface area contributed by atoms with Crippen molar-refractivity contribution in [2.45, 2.75) is 30.3 Å². The second kappa shape index (κ2) is 8.62. The van der Waals surface area contributed by atoms with Gasteiger partial charge in [0.25, 0.3) is 0 Å².